The van der Waals surface area contributed by atoms with Gasteiger partial charge in [0.15, 0.2) is 0 Å². The Bertz CT molecular complexity index is 2330. The van der Waals surface area contributed by atoms with Crippen molar-refractivity contribution in [3.8, 4) is 44.9 Å². The van der Waals surface area contributed by atoms with Crippen LogP contribution in [-0.4, -0.2) is 9.97 Å². The van der Waals surface area contributed by atoms with Gasteiger partial charge >= 0.3 is 0 Å². The van der Waals surface area contributed by atoms with Crippen molar-refractivity contribution in [2.24, 2.45) is 0 Å². The number of nitrogens with zero attached hydrogens (tertiary/aromatic N) is 2. The van der Waals surface area contributed by atoms with Crippen molar-refractivity contribution in [1.82, 2.24) is 9.97 Å². The highest BCUT2D eigenvalue weighted by Gasteiger charge is 2.52. The van der Waals surface area contributed by atoms with Crippen LogP contribution < -0.4 is 4.74 Å². The molecule has 0 saturated heterocycles. The maximum atomic E-state index is 7.13. The summed E-state index contributed by atoms with van der Waals surface area (Å²) in [4.78, 5) is 8.92. The first-order valence-electron chi connectivity index (χ1n) is 15.6. The number of aromatic nitrogens is 2. The van der Waals surface area contributed by atoms with E-state index in [1.165, 1.54) is 22.3 Å². The molecule has 0 atom stereocenters. The lowest BCUT2D eigenvalue weighted by Gasteiger charge is -2.40. The molecule has 0 bridgehead atoms. The minimum Gasteiger partial charge on any atom is -0.455 e. The lowest BCUT2D eigenvalue weighted by Crippen LogP contribution is -2.32. The first-order valence-corrected chi connectivity index (χ1v) is 15.6. The standard InChI is InChI=1S/C43H26N2O/c1-3-11-33-27(7-1)15-19-37-41(33)46-42-34-12-4-2-8-28(34)16-20-38(42)43(37)39-23-29(31-9-5-21-44-25-31)13-17-35(39)36-18-14-30(24-40(36)43)32-10-6-22-45-26-32/h1-26H. The molecule has 3 nitrogen and oxygen atoms in total. The van der Waals surface area contributed by atoms with E-state index in [1.807, 2.05) is 36.9 Å². The van der Waals surface area contributed by atoms with Crippen LogP contribution in [0.2, 0.25) is 0 Å². The van der Waals surface area contributed by atoms with Gasteiger partial charge in [-0.25, -0.2) is 0 Å². The van der Waals surface area contributed by atoms with Crippen LogP contribution in [0.1, 0.15) is 22.3 Å². The molecule has 0 N–H and O–H groups in total. The minimum atomic E-state index is -0.627. The molecule has 10 rings (SSSR count). The molecule has 3 heteroatoms. The van der Waals surface area contributed by atoms with Gasteiger partial charge in [0.05, 0.1) is 5.41 Å². The Hall–Kier alpha value is -6.06. The highest BCUT2D eigenvalue weighted by Crippen LogP contribution is 2.64. The summed E-state index contributed by atoms with van der Waals surface area (Å²) >= 11 is 0. The van der Waals surface area contributed by atoms with Crippen LogP contribution in [0.4, 0.5) is 0 Å². The van der Waals surface area contributed by atoms with Crippen molar-refractivity contribution in [3.63, 3.8) is 0 Å². The van der Waals surface area contributed by atoms with E-state index >= 15 is 0 Å². The fraction of sp³-hybridized carbons (Fsp3) is 0.0233. The molecule has 0 saturated carbocycles. The molecule has 3 heterocycles. The summed E-state index contributed by atoms with van der Waals surface area (Å²) < 4.78 is 7.13. The third kappa shape index (κ3) is 3.37. The third-order valence-electron chi connectivity index (χ3n) is 9.90. The predicted molar refractivity (Wildman–Crippen MR) is 185 cm³/mol. The van der Waals surface area contributed by atoms with Crippen molar-refractivity contribution in [3.05, 3.63) is 181 Å². The number of pyridine rings is 2. The summed E-state index contributed by atoms with van der Waals surface area (Å²) in [7, 11) is 0. The van der Waals surface area contributed by atoms with Gasteiger partial charge in [-0.1, -0.05) is 109 Å². The second-order valence-corrected chi connectivity index (χ2v) is 12.2. The van der Waals surface area contributed by atoms with Crippen molar-refractivity contribution in [2.75, 3.05) is 0 Å². The van der Waals surface area contributed by atoms with Crippen LogP contribution in [0.5, 0.6) is 11.5 Å². The maximum Gasteiger partial charge on any atom is 0.140 e. The van der Waals surface area contributed by atoms with Gasteiger partial charge in [-0.2, -0.15) is 0 Å². The summed E-state index contributed by atoms with van der Waals surface area (Å²) in [6.07, 6.45) is 7.55. The van der Waals surface area contributed by atoms with Crippen molar-refractivity contribution in [1.29, 1.82) is 0 Å². The van der Waals surface area contributed by atoms with Gasteiger partial charge < -0.3 is 4.74 Å². The van der Waals surface area contributed by atoms with Gasteiger partial charge in [-0.05, 0) is 79.5 Å². The Morgan fingerprint density at radius 3 is 1.39 bits per heavy atom. The Kier molecular flexibility index (Phi) is 5.20. The fourth-order valence-electron chi connectivity index (χ4n) is 7.87. The smallest absolute Gasteiger partial charge is 0.140 e. The zero-order valence-corrected chi connectivity index (χ0v) is 24.8. The molecule has 0 unspecified atom stereocenters. The average Bonchev–Trinajstić information content (AvgIpc) is 3.41. The summed E-state index contributed by atoms with van der Waals surface area (Å²) in [5.74, 6) is 1.83. The van der Waals surface area contributed by atoms with Crippen molar-refractivity contribution in [2.45, 2.75) is 5.41 Å². The summed E-state index contributed by atoms with van der Waals surface area (Å²) in [5, 5.41) is 4.54. The van der Waals surface area contributed by atoms with Crippen LogP contribution >= 0.6 is 0 Å². The maximum absolute atomic E-state index is 7.13. The minimum absolute atomic E-state index is 0.627. The Balaban J connectivity index is 1.40. The summed E-state index contributed by atoms with van der Waals surface area (Å²) in [5.41, 5.74) is 11.1. The quantitative estimate of drug-likeness (QED) is 0.202. The highest BCUT2D eigenvalue weighted by atomic mass is 16.5. The SMILES string of the molecule is c1cncc(-c2ccc3c(c2)C2(c4cc(-c5cccnc5)ccc4-3)c3ccc4ccccc4c3Oc3c2ccc2ccccc32)c1. The van der Waals surface area contributed by atoms with E-state index in [4.69, 9.17) is 4.74 Å². The molecule has 1 aliphatic carbocycles. The zero-order valence-electron chi connectivity index (χ0n) is 24.8. The Morgan fingerprint density at radius 2 is 0.913 bits per heavy atom. The first-order chi connectivity index (χ1) is 22.8. The summed E-state index contributed by atoms with van der Waals surface area (Å²) in [6.45, 7) is 0. The molecule has 0 radical (unpaired) electrons. The topological polar surface area (TPSA) is 35.0 Å². The molecule has 8 aromatic rings. The van der Waals surface area contributed by atoms with E-state index in [0.717, 1.165) is 66.4 Å². The summed E-state index contributed by atoms with van der Waals surface area (Å²) in [6, 6.07) is 48.3. The lowest BCUT2D eigenvalue weighted by molar-refractivity contribution is 0.447. The molecule has 2 aliphatic rings. The van der Waals surface area contributed by atoms with E-state index in [1.54, 1.807) is 0 Å². The Labute approximate surface area is 266 Å². The molecule has 46 heavy (non-hydrogen) atoms. The highest BCUT2D eigenvalue weighted by molar-refractivity contribution is 6.00. The van der Waals surface area contributed by atoms with Gasteiger partial charge in [-0.3, -0.25) is 9.97 Å². The predicted octanol–water partition coefficient (Wildman–Crippen LogP) is 10.6. The van der Waals surface area contributed by atoms with Crippen LogP contribution in [0.3, 0.4) is 0 Å². The number of benzene rings is 6. The van der Waals surface area contributed by atoms with Gasteiger partial charge in [0.2, 0.25) is 0 Å². The van der Waals surface area contributed by atoms with Gasteiger partial charge in [0, 0.05) is 46.7 Å². The van der Waals surface area contributed by atoms with Crippen LogP contribution in [0.15, 0.2) is 158 Å². The van der Waals surface area contributed by atoms with Crippen LogP contribution in [0, 0.1) is 0 Å². The van der Waals surface area contributed by atoms with Crippen LogP contribution in [-0.2, 0) is 5.41 Å². The zero-order chi connectivity index (χ0) is 30.2. The number of fused-ring (bicyclic) bond motifs is 13. The largest absolute Gasteiger partial charge is 0.455 e. The lowest BCUT2D eigenvalue weighted by atomic mass is 9.65. The molecule has 0 fully saturated rings. The van der Waals surface area contributed by atoms with E-state index in [9.17, 15) is 0 Å². The number of rotatable bonds is 2. The number of hydrogen-bond donors (Lipinski definition) is 0. The van der Waals surface area contributed by atoms with Crippen molar-refractivity contribution < 1.29 is 4.74 Å². The van der Waals surface area contributed by atoms with Crippen LogP contribution in [0.25, 0.3) is 54.9 Å². The molecule has 214 valence electrons. The average molecular weight is 587 g/mol. The monoisotopic (exact) mass is 586 g/mol. The molecular weight excluding hydrogens is 560 g/mol. The second kappa shape index (κ2) is 9.47. The fourth-order valence-corrected chi connectivity index (χ4v) is 7.87. The van der Waals surface area contributed by atoms with Crippen molar-refractivity contribution >= 4 is 21.5 Å². The van der Waals surface area contributed by atoms with Gasteiger partial charge in [-0.15, -0.1) is 0 Å². The normalized spacial score (nSPS) is 13.6. The molecular formula is C43H26N2O. The number of hydrogen-bond acceptors (Lipinski definition) is 3. The van der Waals surface area contributed by atoms with E-state index in [2.05, 4.69) is 131 Å². The Morgan fingerprint density at radius 1 is 0.413 bits per heavy atom. The second-order valence-electron chi connectivity index (χ2n) is 12.2. The molecule has 0 amide bonds. The van der Waals surface area contributed by atoms with Gasteiger partial charge in [0.1, 0.15) is 11.5 Å². The first kappa shape index (κ1) is 25.3. The molecule has 1 spiro atoms. The molecule has 1 aliphatic heterocycles. The molecule has 6 aromatic carbocycles. The number of ether oxygens (including phenoxy) is 1. The van der Waals surface area contributed by atoms with E-state index in [0.29, 0.717) is 0 Å². The van der Waals surface area contributed by atoms with E-state index < -0.39 is 5.41 Å². The third-order valence-corrected chi connectivity index (χ3v) is 9.90. The van der Waals surface area contributed by atoms with E-state index in [-0.39, 0.29) is 0 Å². The van der Waals surface area contributed by atoms with Gasteiger partial charge in [0.25, 0.3) is 0 Å². The molecule has 2 aromatic heterocycles.